The molecule has 0 spiro atoms. The van der Waals surface area contributed by atoms with Crippen molar-refractivity contribution in [3.05, 3.63) is 0 Å². The third kappa shape index (κ3) is 4.26. The number of carboxylic acid groups (broad SMARTS) is 1. The molecule has 0 saturated carbocycles. The molecule has 0 radical (unpaired) electrons. The monoisotopic (exact) mass is 222 g/mol. The van der Waals surface area contributed by atoms with Crippen molar-refractivity contribution in [2.45, 2.75) is 18.6 Å². The van der Waals surface area contributed by atoms with E-state index in [-0.39, 0.29) is 13.0 Å². The molecule has 3 N–H and O–H groups in total. The third-order valence-electron chi connectivity index (χ3n) is 2.00. The van der Waals surface area contributed by atoms with E-state index in [2.05, 4.69) is 10.6 Å². The number of carbonyl (C=O) groups is 1. The van der Waals surface area contributed by atoms with Crippen LogP contribution in [0, 0.1) is 0 Å². The fraction of sp³-hybridized carbons (Fsp3) is 0.875. The van der Waals surface area contributed by atoms with Crippen molar-refractivity contribution in [2.24, 2.45) is 0 Å². The molecule has 0 aliphatic carbocycles. The topological polar surface area (TPSA) is 61.4 Å². The molecule has 2 aliphatic heterocycles. The molecular formula is C8H15FN2O2S. The zero-order valence-corrected chi connectivity index (χ0v) is 8.65. The fourth-order valence-electron chi connectivity index (χ4n) is 1.24. The second-order valence-corrected chi connectivity index (χ2v) is 4.29. The van der Waals surface area contributed by atoms with Gasteiger partial charge in [-0.2, -0.15) is 0 Å². The standard InChI is InChI=1S/C5H8FNO2.C3H7NS/c6-3-1-4(5(8)9)7-2-3;1-2-5-3-4-1/h3-4,7H,1-2H2,(H,8,9);4H,1-3H2/t3-,4+;/m1./s1. The van der Waals surface area contributed by atoms with E-state index >= 15 is 0 Å². The summed E-state index contributed by atoms with van der Waals surface area (Å²) >= 11 is 1.96. The highest BCUT2D eigenvalue weighted by molar-refractivity contribution is 7.99. The lowest BCUT2D eigenvalue weighted by molar-refractivity contribution is -0.139. The Kier molecular flexibility index (Phi) is 5.21. The van der Waals surface area contributed by atoms with E-state index in [1.54, 1.807) is 0 Å². The quantitative estimate of drug-likeness (QED) is 0.585. The van der Waals surface area contributed by atoms with Crippen molar-refractivity contribution >= 4 is 17.7 Å². The van der Waals surface area contributed by atoms with E-state index < -0.39 is 18.2 Å². The molecule has 6 heteroatoms. The van der Waals surface area contributed by atoms with Gasteiger partial charge in [0, 0.05) is 31.1 Å². The highest BCUT2D eigenvalue weighted by atomic mass is 32.2. The minimum atomic E-state index is -0.980. The Morgan fingerprint density at radius 2 is 2.36 bits per heavy atom. The Morgan fingerprint density at radius 1 is 1.57 bits per heavy atom. The molecule has 0 amide bonds. The average molecular weight is 222 g/mol. The van der Waals surface area contributed by atoms with E-state index in [9.17, 15) is 9.18 Å². The second kappa shape index (κ2) is 6.21. The maximum atomic E-state index is 12.2. The molecule has 0 unspecified atom stereocenters. The van der Waals surface area contributed by atoms with Crippen molar-refractivity contribution in [1.29, 1.82) is 0 Å². The normalized spacial score (nSPS) is 30.9. The van der Waals surface area contributed by atoms with Crippen LogP contribution in [0.1, 0.15) is 6.42 Å². The number of aliphatic carboxylic acids is 1. The molecule has 82 valence electrons. The predicted molar refractivity (Wildman–Crippen MR) is 54.3 cm³/mol. The van der Waals surface area contributed by atoms with Crippen LogP contribution in [0.25, 0.3) is 0 Å². The van der Waals surface area contributed by atoms with Crippen molar-refractivity contribution in [3.8, 4) is 0 Å². The summed E-state index contributed by atoms with van der Waals surface area (Å²) in [6.45, 7) is 1.39. The van der Waals surface area contributed by atoms with Crippen LogP contribution in [-0.2, 0) is 4.79 Å². The highest BCUT2D eigenvalue weighted by Gasteiger charge is 2.28. The molecule has 2 rings (SSSR count). The molecule has 2 atom stereocenters. The van der Waals surface area contributed by atoms with Crippen molar-refractivity contribution in [1.82, 2.24) is 10.6 Å². The summed E-state index contributed by atoms with van der Waals surface area (Å²) in [6.07, 6.45) is -0.874. The average Bonchev–Trinajstić information content (AvgIpc) is 2.74. The maximum absolute atomic E-state index is 12.2. The van der Waals surface area contributed by atoms with Gasteiger partial charge in [0.1, 0.15) is 12.2 Å². The molecule has 0 aromatic rings. The van der Waals surface area contributed by atoms with Gasteiger partial charge in [0.2, 0.25) is 0 Å². The number of halogens is 1. The minimum Gasteiger partial charge on any atom is -0.480 e. The Labute approximate surface area is 86.6 Å². The fourth-order valence-corrected chi connectivity index (χ4v) is 1.96. The lowest BCUT2D eigenvalue weighted by Crippen LogP contribution is -2.29. The molecule has 14 heavy (non-hydrogen) atoms. The summed E-state index contributed by atoms with van der Waals surface area (Å²) < 4.78 is 12.2. The summed E-state index contributed by atoms with van der Waals surface area (Å²) in [5.74, 6) is 1.51. The number of nitrogens with one attached hydrogen (secondary N) is 2. The molecule has 2 aliphatic rings. The molecule has 0 bridgehead atoms. The summed E-state index contributed by atoms with van der Waals surface area (Å²) in [4.78, 5) is 10.1. The van der Waals surface area contributed by atoms with E-state index in [0.29, 0.717) is 0 Å². The van der Waals surface area contributed by atoms with Gasteiger partial charge in [-0.15, -0.1) is 11.8 Å². The molecule has 0 aromatic heterocycles. The first kappa shape index (κ1) is 11.7. The first-order chi connectivity index (χ1) is 6.70. The van der Waals surface area contributed by atoms with Crippen molar-refractivity contribution in [3.63, 3.8) is 0 Å². The zero-order valence-electron chi connectivity index (χ0n) is 7.83. The largest absolute Gasteiger partial charge is 0.480 e. The van der Waals surface area contributed by atoms with Gasteiger partial charge in [-0.3, -0.25) is 4.79 Å². The van der Waals surface area contributed by atoms with E-state index in [1.165, 1.54) is 18.2 Å². The Hall–Kier alpha value is -0.330. The minimum absolute atomic E-state index is 0.106. The summed E-state index contributed by atoms with van der Waals surface area (Å²) in [5.41, 5.74) is 0. The Morgan fingerprint density at radius 3 is 2.57 bits per heavy atom. The Bertz CT molecular complexity index is 183. The lowest BCUT2D eigenvalue weighted by Gasteiger charge is -1.99. The van der Waals surface area contributed by atoms with Crippen LogP contribution in [0.4, 0.5) is 4.39 Å². The molecule has 2 heterocycles. The van der Waals surface area contributed by atoms with Crippen LogP contribution < -0.4 is 10.6 Å². The van der Waals surface area contributed by atoms with Gasteiger partial charge in [-0.25, -0.2) is 4.39 Å². The molecule has 2 saturated heterocycles. The molecular weight excluding hydrogens is 207 g/mol. The molecule has 4 nitrogen and oxygen atoms in total. The van der Waals surface area contributed by atoms with Gasteiger partial charge in [0.15, 0.2) is 0 Å². The van der Waals surface area contributed by atoms with Crippen LogP contribution in [0.5, 0.6) is 0 Å². The van der Waals surface area contributed by atoms with Crippen LogP contribution in [0.2, 0.25) is 0 Å². The van der Waals surface area contributed by atoms with Gasteiger partial charge in [-0.05, 0) is 0 Å². The maximum Gasteiger partial charge on any atom is 0.320 e. The van der Waals surface area contributed by atoms with Gasteiger partial charge < -0.3 is 15.7 Å². The van der Waals surface area contributed by atoms with Crippen molar-refractivity contribution in [2.75, 3.05) is 24.7 Å². The number of hydrogen-bond donors (Lipinski definition) is 3. The SMILES string of the molecule is C1CSCN1.O=C(O)[C@@H]1C[C@@H](F)CN1. The summed E-state index contributed by atoms with van der Waals surface area (Å²) in [6, 6.07) is -0.667. The summed E-state index contributed by atoms with van der Waals surface area (Å²) in [7, 11) is 0. The molecule has 0 aromatic carbocycles. The van der Waals surface area contributed by atoms with Gasteiger partial charge >= 0.3 is 5.97 Å². The van der Waals surface area contributed by atoms with Crippen LogP contribution in [0.15, 0.2) is 0 Å². The lowest BCUT2D eigenvalue weighted by atomic mass is 10.2. The van der Waals surface area contributed by atoms with Gasteiger partial charge in [0.05, 0.1) is 0 Å². The van der Waals surface area contributed by atoms with Gasteiger partial charge in [-0.1, -0.05) is 0 Å². The van der Waals surface area contributed by atoms with Crippen LogP contribution >= 0.6 is 11.8 Å². The molecule has 2 fully saturated rings. The van der Waals surface area contributed by atoms with E-state index in [0.717, 1.165) is 0 Å². The Balaban J connectivity index is 0.000000165. The van der Waals surface area contributed by atoms with E-state index in [4.69, 9.17) is 5.11 Å². The highest BCUT2D eigenvalue weighted by Crippen LogP contribution is 2.09. The first-order valence-corrected chi connectivity index (χ1v) is 5.74. The van der Waals surface area contributed by atoms with Gasteiger partial charge in [0.25, 0.3) is 0 Å². The number of carboxylic acids is 1. The van der Waals surface area contributed by atoms with Crippen LogP contribution in [-0.4, -0.2) is 48.0 Å². The van der Waals surface area contributed by atoms with Crippen LogP contribution in [0.3, 0.4) is 0 Å². The summed E-state index contributed by atoms with van der Waals surface area (Å²) in [5, 5.41) is 14.0. The van der Waals surface area contributed by atoms with E-state index in [1.807, 2.05) is 11.8 Å². The number of rotatable bonds is 1. The number of thioether (sulfide) groups is 1. The number of alkyl halides is 1. The third-order valence-corrected chi connectivity index (χ3v) is 2.90. The number of hydrogen-bond acceptors (Lipinski definition) is 4. The first-order valence-electron chi connectivity index (χ1n) is 4.59. The predicted octanol–water partition coefficient (Wildman–Crippen LogP) is 0.0513. The zero-order chi connectivity index (χ0) is 10.4. The second-order valence-electron chi connectivity index (χ2n) is 3.18. The smallest absolute Gasteiger partial charge is 0.320 e. The van der Waals surface area contributed by atoms with Crippen molar-refractivity contribution < 1.29 is 14.3 Å².